The molecule has 0 N–H and O–H groups in total. The van der Waals surface area contributed by atoms with Gasteiger partial charge in [-0.15, -0.1) is 0 Å². The summed E-state index contributed by atoms with van der Waals surface area (Å²) >= 11 is 0. The Balaban J connectivity index is 1.22. The molecule has 0 atom stereocenters. The quantitative estimate of drug-likeness (QED) is 0.361. The number of nitrogens with zero attached hydrogens (tertiary/aromatic N) is 4. The van der Waals surface area contributed by atoms with Crippen LogP contribution in [0.15, 0.2) is 70.5 Å². The van der Waals surface area contributed by atoms with Gasteiger partial charge in [-0.1, -0.05) is 33.7 Å². The van der Waals surface area contributed by atoms with Crippen LogP contribution >= 0.6 is 21.6 Å². The zero-order valence-electron chi connectivity index (χ0n) is 16.6. The third-order valence-electron chi connectivity index (χ3n) is 5.89. The second-order valence-corrected chi connectivity index (χ2v) is 10.2. The van der Waals surface area contributed by atoms with Crippen LogP contribution < -0.4 is 9.80 Å². The number of aromatic nitrogens is 2. The number of anilines is 2. The van der Waals surface area contributed by atoms with E-state index < -0.39 is 0 Å². The minimum atomic E-state index is 1.07. The smallest absolute Gasteiger partial charge is 0.129 e. The van der Waals surface area contributed by atoms with Crippen molar-refractivity contribution in [2.75, 3.05) is 36.0 Å². The van der Waals surface area contributed by atoms with Crippen molar-refractivity contribution in [1.82, 2.24) is 9.97 Å². The lowest BCUT2D eigenvalue weighted by Crippen LogP contribution is -2.37. The molecule has 6 rings (SSSR count). The zero-order chi connectivity index (χ0) is 19.9. The number of rotatable bonds is 5. The average Bonchev–Trinajstić information content (AvgIpc) is 2.69. The van der Waals surface area contributed by atoms with Gasteiger partial charge in [0.2, 0.25) is 0 Å². The van der Waals surface area contributed by atoms with Crippen molar-refractivity contribution >= 4 is 55.0 Å². The van der Waals surface area contributed by atoms with Crippen LogP contribution in [0.4, 0.5) is 11.6 Å². The maximum Gasteiger partial charge on any atom is 0.129 e. The van der Waals surface area contributed by atoms with Gasteiger partial charge in [-0.25, -0.2) is 9.97 Å². The van der Waals surface area contributed by atoms with Crippen LogP contribution in [-0.4, -0.2) is 36.1 Å². The van der Waals surface area contributed by atoms with E-state index in [1.54, 1.807) is 21.6 Å². The summed E-state index contributed by atoms with van der Waals surface area (Å²) in [6.07, 6.45) is 2.54. The molecular formula is C24H22N4S2. The standard InChI is InChI=1S/C24H22N4S2/c1-11-27(12-1)23-9-5-17-3-7-19(15-21(17)25-23)29-30-20-8-4-18-6-10-24(26-22(18)16-20)28-13-2-14-28/h3-10,15-16H,1-2,11-14H2. The van der Waals surface area contributed by atoms with Gasteiger partial charge in [0.25, 0.3) is 0 Å². The van der Waals surface area contributed by atoms with Crippen molar-refractivity contribution < 1.29 is 0 Å². The molecule has 0 radical (unpaired) electrons. The van der Waals surface area contributed by atoms with Gasteiger partial charge in [0, 0.05) is 46.7 Å². The van der Waals surface area contributed by atoms with Gasteiger partial charge in [0.15, 0.2) is 0 Å². The molecule has 6 heteroatoms. The number of hydrogen-bond donors (Lipinski definition) is 0. The Hall–Kier alpha value is -2.44. The van der Waals surface area contributed by atoms with Gasteiger partial charge >= 0.3 is 0 Å². The van der Waals surface area contributed by atoms with E-state index in [-0.39, 0.29) is 0 Å². The predicted molar refractivity (Wildman–Crippen MR) is 129 cm³/mol. The highest BCUT2D eigenvalue weighted by Gasteiger charge is 2.17. The molecule has 0 amide bonds. The van der Waals surface area contributed by atoms with Crippen molar-refractivity contribution in [3.8, 4) is 0 Å². The Bertz CT molecular complexity index is 1140. The van der Waals surface area contributed by atoms with Crippen molar-refractivity contribution in [2.24, 2.45) is 0 Å². The molecule has 2 saturated heterocycles. The van der Waals surface area contributed by atoms with Crippen LogP contribution in [-0.2, 0) is 0 Å². The summed E-state index contributed by atoms with van der Waals surface area (Å²) in [4.78, 5) is 16.9. The molecule has 4 heterocycles. The Labute approximate surface area is 184 Å². The molecule has 2 aliphatic rings. The first-order valence-electron chi connectivity index (χ1n) is 10.5. The van der Waals surface area contributed by atoms with E-state index in [2.05, 4.69) is 70.5 Å². The van der Waals surface area contributed by atoms with Crippen LogP contribution in [0.1, 0.15) is 12.8 Å². The van der Waals surface area contributed by atoms with Gasteiger partial charge in [0.1, 0.15) is 11.6 Å². The number of pyridine rings is 2. The molecule has 2 aromatic heterocycles. The number of benzene rings is 2. The summed E-state index contributed by atoms with van der Waals surface area (Å²) in [5, 5.41) is 2.39. The monoisotopic (exact) mass is 430 g/mol. The molecule has 2 aromatic carbocycles. The highest BCUT2D eigenvalue weighted by Crippen LogP contribution is 2.39. The van der Waals surface area contributed by atoms with E-state index in [1.165, 1.54) is 33.4 Å². The highest BCUT2D eigenvalue weighted by atomic mass is 33.1. The molecule has 2 aliphatic heterocycles. The molecule has 0 unspecified atom stereocenters. The van der Waals surface area contributed by atoms with Gasteiger partial charge in [-0.2, -0.15) is 0 Å². The Morgan fingerprint density at radius 2 is 1.00 bits per heavy atom. The van der Waals surface area contributed by atoms with Gasteiger partial charge in [-0.05, 0) is 61.4 Å². The zero-order valence-corrected chi connectivity index (χ0v) is 18.3. The fourth-order valence-corrected chi connectivity index (χ4v) is 5.77. The topological polar surface area (TPSA) is 32.3 Å². The van der Waals surface area contributed by atoms with Crippen LogP contribution in [0.25, 0.3) is 21.8 Å². The van der Waals surface area contributed by atoms with Gasteiger partial charge < -0.3 is 9.80 Å². The summed E-state index contributed by atoms with van der Waals surface area (Å²) in [7, 11) is 3.56. The molecule has 0 aliphatic carbocycles. The molecule has 2 fully saturated rings. The molecule has 0 saturated carbocycles. The molecule has 0 bridgehead atoms. The van der Waals surface area contributed by atoms with Crippen LogP contribution in [0.2, 0.25) is 0 Å². The SMILES string of the molecule is c1cc2ccc(N3CCC3)nc2cc1SSc1ccc2ccc(N3CCC3)nc2c1. The summed E-state index contributed by atoms with van der Waals surface area (Å²) in [5.41, 5.74) is 2.15. The largest absolute Gasteiger partial charge is 0.356 e. The lowest BCUT2D eigenvalue weighted by molar-refractivity contribution is 0.611. The lowest BCUT2D eigenvalue weighted by Gasteiger charge is -2.32. The first-order valence-corrected chi connectivity index (χ1v) is 12.6. The molecule has 4 aromatic rings. The van der Waals surface area contributed by atoms with Crippen LogP contribution in [0, 0.1) is 0 Å². The third kappa shape index (κ3) is 3.48. The Kier molecular flexibility index (Phi) is 4.69. The third-order valence-corrected chi connectivity index (χ3v) is 8.27. The number of fused-ring (bicyclic) bond motifs is 2. The van der Waals surface area contributed by atoms with E-state index in [1.807, 2.05) is 0 Å². The van der Waals surface area contributed by atoms with Crippen LogP contribution in [0.5, 0.6) is 0 Å². The van der Waals surface area contributed by atoms with Gasteiger partial charge in [-0.3, -0.25) is 0 Å². The first-order chi connectivity index (χ1) is 14.8. The van der Waals surface area contributed by atoms with E-state index >= 15 is 0 Å². The minimum Gasteiger partial charge on any atom is -0.356 e. The second-order valence-electron chi connectivity index (χ2n) is 7.90. The summed E-state index contributed by atoms with van der Waals surface area (Å²) in [6.45, 7) is 4.49. The van der Waals surface area contributed by atoms with Crippen LogP contribution in [0.3, 0.4) is 0 Å². The summed E-state index contributed by atoms with van der Waals surface area (Å²) in [5.74, 6) is 2.20. The summed E-state index contributed by atoms with van der Waals surface area (Å²) < 4.78 is 0. The second kappa shape index (κ2) is 7.67. The fraction of sp³-hybridized carbons (Fsp3) is 0.250. The summed E-state index contributed by atoms with van der Waals surface area (Å²) in [6, 6.07) is 21.8. The van der Waals surface area contributed by atoms with E-state index in [0.717, 1.165) is 48.8 Å². The normalized spacial score (nSPS) is 16.0. The Morgan fingerprint density at radius 3 is 1.40 bits per heavy atom. The highest BCUT2D eigenvalue weighted by molar-refractivity contribution is 8.76. The van der Waals surface area contributed by atoms with E-state index in [0.29, 0.717) is 0 Å². The van der Waals surface area contributed by atoms with Crippen molar-refractivity contribution in [1.29, 1.82) is 0 Å². The van der Waals surface area contributed by atoms with E-state index in [4.69, 9.17) is 9.97 Å². The Morgan fingerprint density at radius 1 is 0.567 bits per heavy atom. The minimum absolute atomic E-state index is 1.07. The van der Waals surface area contributed by atoms with Crippen molar-refractivity contribution in [3.63, 3.8) is 0 Å². The first kappa shape index (κ1) is 18.3. The predicted octanol–water partition coefficient (Wildman–Crippen LogP) is 6.00. The van der Waals surface area contributed by atoms with Crippen molar-refractivity contribution in [2.45, 2.75) is 22.6 Å². The maximum absolute atomic E-state index is 4.88. The van der Waals surface area contributed by atoms with Gasteiger partial charge in [0.05, 0.1) is 11.0 Å². The van der Waals surface area contributed by atoms with Crippen molar-refractivity contribution in [3.05, 3.63) is 60.7 Å². The average molecular weight is 431 g/mol. The molecule has 30 heavy (non-hydrogen) atoms. The number of hydrogen-bond acceptors (Lipinski definition) is 6. The fourth-order valence-electron chi connectivity index (χ4n) is 3.82. The maximum atomic E-state index is 4.88. The molecule has 0 spiro atoms. The van der Waals surface area contributed by atoms with E-state index in [9.17, 15) is 0 Å². The molecule has 4 nitrogen and oxygen atoms in total. The molecule has 150 valence electrons. The lowest BCUT2D eigenvalue weighted by atomic mass is 10.2. The molecular weight excluding hydrogens is 408 g/mol.